The molecule has 1 aliphatic rings. The van der Waals surface area contributed by atoms with Crippen molar-refractivity contribution in [2.24, 2.45) is 11.7 Å². The van der Waals surface area contributed by atoms with Crippen molar-refractivity contribution in [3.8, 4) is 0 Å². The second kappa shape index (κ2) is 6.87. The topological polar surface area (TPSA) is 38.5 Å². The van der Waals surface area contributed by atoms with Gasteiger partial charge in [-0.15, -0.1) is 11.3 Å². The molecule has 1 saturated heterocycles. The molecule has 2 heterocycles. The molecule has 0 spiro atoms. The van der Waals surface area contributed by atoms with Crippen LogP contribution < -0.4 is 5.73 Å². The summed E-state index contributed by atoms with van der Waals surface area (Å²) in [6.45, 7) is 3.52. The number of halogens is 1. The van der Waals surface area contributed by atoms with Gasteiger partial charge in [-0.3, -0.25) is 4.90 Å². The summed E-state index contributed by atoms with van der Waals surface area (Å²) in [6, 6.07) is 2.31. The Labute approximate surface area is 118 Å². The van der Waals surface area contributed by atoms with E-state index < -0.39 is 0 Å². The monoisotopic (exact) mass is 288 g/mol. The van der Waals surface area contributed by atoms with E-state index in [4.69, 9.17) is 22.1 Å². The summed E-state index contributed by atoms with van der Waals surface area (Å²) in [5.41, 5.74) is 5.92. The summed E-state index contributed by atoms with van der Waals surface area (Å²) < 4.78 is 5.40. The van der Waals surface area contributed by atoms with Crippen LogP contribution in [0.1, 0.15) is 23.8 Å². The van der Waals surface area contributed by atoms with E-state index >= 15 is 0 Å². The smallest absolute Gasteiger partial charge is 0.0562 e. The van der Waals surface area contributed by atoms with Crippen molar-refractivity contribution in [3.63, 3.8) is 0 Å². The molecule has 1 fully saturated rings. The molecular formula is C13H21ClN2OS. The molecule has 0 aromatic carbocycles. The van der Waals surface area contributed by atoms with Crippen LogP contribution in [0.5, 0.6) is 0 Å². The van der Waals surface area contributed by atoms with Gasteiger partial charge in [0.15, 0.2) is 0 Å². The van der Waals surface area contributed by atoms with Crippen LogP contribution in [0.15, 0.2) is 11.4 Å². The number of rotatable bonds is 5. The molecule has 3 nitrogen and oxygen atoms in total. The zero-order valence-corrected chi connectivity index (χ0v) is 12.3. The third-order valence-electron chi connectivity index (χ3n) is 3.56. The molecule has 18 heavy (non-hydrogen) atoms. The molecule has 1 unspecified atom stereocenters. The molecule has 2 N–H and O–H groups in total. The average molecular weight is 289 g/mol. The summed E-state index contributed by atoms with van der Waals surface area (Å²) in [5, 5.41) is 2.79. The lowest BCUT2D eigenvalue weighted by Gasteiger charge is -2.31. The molecule has 0 radical (unpaired) electrons. The predicted molar refractivity (Wildman–Crippen MR) is 77.3 cm³/mol. The quantitative estimate of drug-likeness (QED) is 0.905. The largest absolute Gasteiger partial charge is 0.381 e. The highest BCUT2D eigenvalue weighted by Gasteiger charge is 2.22. The number of nitrogens with two attached hydrogens (primary N) is 1. The van der Waals surface area contributed by atoms with Crippen molar-refractivity contribution in [2.75, 3.05) is 33.4 Å². The first-order valence-electron chi connectivity index (χ1n) is 6.42. The van der Waals surface area contributed by atoms with Crippen LogP contribution in [0.3, 0.4) is 0 Å². The van der Waals surface area contributed by atoms with Crippen molar-refractivity contribution >= 4 is 22.9 Å². The van der Waals surface area contributed by atoms with E-state index in [9.17, 15) is 0 Å². The lowest BCUT2D eigenvalue weighted by Crippen LogP contribution is -2.35. The fourth-order valence-corrected chi connectivity index (χ4v) is 3.74. The van der Waals surface area contributed by atoms with Gasteiger partial charge in [0.05, 0.1) is 11.1 Å². The van der Waals surface area contributed by atoms with Crippen molar-refractivity contribution < 1.29 is 4.74 Å². The van der Waals surface area contributed by atoms with Gasteiger partial charge >= 0.3 is 0 Å². The average Bonchev–Trinajstić information content (AvgIpc) is 2.78. The minimum atomic E-state index is 0.283. The number of hydrogen-bond acceptors (Lipinski definition) is 4. The molecule has 2 rings (SSSR count). The fourth-order valence-electron chi connectivity index (χ4n) is 2.48. The zero-order valence-electron chi connectivity index (χ0n) is 10.8. The molecule has 0 aliphatic carbocycles. The number of hydrogen-bond donors (Lipinski definition) is 1. The Kier molecular flexibility index (Phi) is 5.45. The van der Waals surface area contributed by atoms with Gasteiger partial charge in [0.25, 0.3) is 0 Å². The standard InChI is InChI=1S/C13H21ClN2OS/c1-16(8-10-2-4-17-5-3-10)12(7-15)13-6-11(14)9-18-13/h6,9-10,12H,2-5,7-8,15H2,1H3. The Morgan fingerprint density at radius 1 is 1.56 bits per heavy atom. The Hall–Kier alpha value is -0.130. The summed E-state index contributed by atoms with van der Waals surface area (Å²) in [6.07, 6.45) is 2.32. The number of thiophene rings is 1. The number of nitrogens with zero attached hydrogens (tertiary/aromatic N) is 1. The van der Waals surface area contributed by atoms with E-state index in [1.54, 1.807) is 11.3 Å². The molecule has 0 amide bonds. The molecule has 1 atom stereocenters. The highest BCUT2D eigenvalue weighted by atomic mass is 35.5. The van der Waals surface area contributed by atoms with Gasteiger partial charge in [-0.05, 0) is 31.9 Å². The van der Waals surface area contributed by atoms with Gasteiger partial charge < -0.3 is 10.5 Å². The van der Waals surface area contributed by atoms with Crippen LogP contribution in [-0.4, -0.2) is 38.3 Å². The lowest BCUT2D eigenvalue weighted by molar-refractivity contribution is 0.0509. The predicted octanol–water partition coefficient (Wildman–Crippen LogP) is 2.76. The molecule has 102 valence electrons. The van der Waals surface area contributed by atoms with Crippen LogP contribution in [0, 0.1) is 5.92 Å². The number of likely N-dealkylation sites (N-methyl/N-ethyl adjacent to an activating group) is 1. The van der Waals surface area contributed by atoms with Crippen LogP contribution >= 0.6 is 22.9 Å². The Balaban J connectivity index is 1.94. The van der Waals surface area contributed by atoms with Crippen molar-refractivity contribution in [3.05, 3.63) is 21.3 Å². The minimum absolute atomic E-state index is 0.283. The van der Waals surface area contributed by atoms with E-state index in [2.05, 4.69) is 11.9 Å². The third kappa shape index (κ3) is 3.68. The van der Waals surface area contributed by atoms with Gasteiger partial charge in [-0.2, -0.15) is 0 Å². The maximum atomic E-state index is 5.99. The van der Waals surface area contributed by atoms with E-state index in [-0.39, 0.29) is 6.04 Å². The second-order valence-electron chi connectivity index (χ2n) is 4.91. The molecular weight excluding hydrogens is 268 g/mol. The molecule has 1 aliphatic heterocycles. The van der Waals surface area contributed by atoms with E-state index in [1.807, 2.05) is 11.4 Å². The maximum absolute atomic E-state index is 5.99. The fraction of sp³-hybridized carbons (Fsp3) is 0.692. The minimum Gasteiger partial charge on any atom is -0.381 e. The van der Waals surface area contributed by atoms with E-state index in [0.29, 0.717) is 6.54 Å². The SMILES string of the molecule is CN(CC1CCOCC1)C(CN)c1cc(Cl)cs1. The van der Waals surface area contributed by atoms with Crippen LogP contribution in [0.2, 0.25) is 5.02 Å². The first-order valence-corrected chi connectivity index (χ1v) is 7.68. The zero-order chi connectivity index (χ0) is 13.0. The van der Waals surface area contributed by atoms with E-state index in [0.717, 1.165) is 43.5 Å². The highest BCUT2D eigenvalue weighted by Crippen LogP contribution is 2.29. The van der Waals surface area contributed by atoms with Crippen molar-refractivity contribution in [1.82, 2.24) is 4.90 Å². The van der Waals surface area contributed by atoms with Crippen LogP contribution in [-0.2, 0) is 4.74 Å². The van der Waals surface area contributed by atoms with E-state index in [1.165, 1.54) is 4.88 Å². The van der Waals surface area contributed by atoms with Crippen molar-refractivity contribution in [1.29, 1.82) is 0 Å². The Morgan fingerprint density at radius 2 is 2.28 bits per heavy atom. The molecule has 1 aromatic heterocycles. The molecule has 0 bridgehead atoms. The third-order valence-corrected chi connectivity index (χ3v) is 4.94. The first-order chi connectivity index (χ1) is 8.70. The Bertz CT molecular complexity index is 366. The van der Waals surface area contributed by atoms with Crippen molar-refractivity contribution in [2.45, 2.75) is 18.9 Å². The van der Waals surface area contributed by atoms with Gasteiger partial charge in [0.2, 0.25) is 0 Å². The summed E-state index contributed by atoms with van der Waals surface area (Å²) >= 11 is 7.69. The molecule has 0 saturated carbocycles. The molecule has 1 aromatic rings. The lowest BCUT2D eigenvalue weighted by atomic mass is 9.99. The van der Waals surface area contributed by atoms with Gasteiger partial charge in [0.1, 0.15) is 0 Å². The number of ether oxygens (including phenoxy) is 1. The van der Waals surface area contributed by atoms with Gasteiger partial charge in [0, 0.05) is 36.6 Å². The summed E-state index contributed by atoms with van der Waals surface area (Å²) in [5.74, 6) is 0.730. The van der Waals surface area contributed by atoms with Gasteiger partial charge in [-0.25, -0.2) is 0 Å². The van der Waals surface area contributed by atoms with Crippen LogP contribution in [0.25, 0.3) is 0 Å². The second-order valence-corrected chi connectivity index (χ2v) is 6.29. The Morgan fingerprint density at radius 3 is 2.83 bits per heavy atom. The van der Waals surface area contributed by atoms with Crippen LogP contribution in [0.4, 0.5) is 0 Å². The normalized spacial score (nSPS) is 19.3. The highest BCUT2D eigenvalue weighted by molar-refractivity contribution is 7.10. The first kappa shape index (κ1) is 14.3. The maximum Gasteiger partial charge on any atom is 0.0562 e. The summed E-state index contributed by atoms with van der Waals surface area (Å²) in [7, 11) is 2.15. The molecule has 5 heteroatoms. The van der Waals surface area contributed by atoms with Gasteiger partial charge in [-0.1, -0.05) is 11.6 Å². The summed E-state index contributed by atoms with van der Waals surface area (Å²) in [4.78, 5) is 3.62.